The molecule has 0 spiro atoms. The van der Waals surface area contributed by atoms with Gasteiger partial charge in [0.2, 0.25) is 5.91 Å². The summed E-state index contributed by atoms with van der Waals surface area (Å²) in [6, 6.07) is 7.38. The summed E-state index contributed by atoms with van der Waals surface area (Å²) in [6.07, 6.45) is -3.22. The van der Waals surface area contributed by atoms with Gasteiger partial charge >= 0.3 is 12.1 Å². The van der Waals surface area contributed by atoms with Crippen LogP contribution in [0.3, 0.4) is 0 Å². The number of pyridine rings is 1. The van der Waals surface area contributed by atoms with Crippen LogP contribution in [-0.4, -0.2) is 27.7 Å². The molecule has 0 bridgehead atoms. The number of rotatable bonds is 5. The minimum absolute atomic E-state index is 0.0778. The molecule has 2 rings (SSSR count). The van der Waals surface area contributed by atoms with Gasteiger partial charge in [0, 0.05) is 6.20 Å². The molecular formula is C15H11F3N2O3S. The monoisotopic (exact) mass is 356 g/mol. The van der Waals surface area contributed by atoms with Crippen molar-refractivity contribution >= 4 is 29.3 Å². The van der Waals surface area contributed by atoms with Crippen molar-refractivity contribution in [1.82, 2.24) is 4.98 Å². The number of carbonyl (C=O) groups excluding carboxylic acids is 1. The average Bonchev–Trinajstić information content (AvgIpc) is 2.52. The van der Waals surface area contributed by atoms with Gasteiger partial charge in [-0.2, -0.15) is 13.2 Å². The lowest BCUT2D eigenvalue weighted by molar-refractivity contribution is -0.137. The second-order valence-corrected chi connectivity index (χ2v) is 5.51. The summed E-state index contributed by atoms with van der Waals surface area (Å²) in [5, 5.41) is 11.3. The molecule has 0 aliphatic heterocycles. The zero-order chi connectivity index (χ0) is 17.7. The van der Waals surface area contributed by atoms with E-state index in [9.17, 15) is 22.8 Å². The SMILES string of the molecule is O=C(CSc1ncccc1C(=O)O)Nc1ccccc1C(F)(F)F. The van der Waals surface area contributed by atoms with E-state index < -0.39 is 23.6 Å². The molecular weight excluding hydrogens is 345 g/mol. The van der Waals surface area contributed by atoms with Crippen molar-refractivity contribution in [3.63, 3.8) is 0 Å². The lowest BCUT2D eigenvalue weighted by Crippen LogP contribution is -2.18. The Balaban J connectivity index is 2.07. The van der Waals surface area contributed by atoms with Crippen LogP contribution in [0, 0.1) is 0 Å². The number of nitrogens with zero attached hydrogens (tertiary/aromatic N) is 1. The highest BCUT2D eigenvalue weighted by Crippen LogP contribution is 2.34. The Morgan fingerprint density at radius 1 is 1.17 bits per heavy atom. The fraction of sp³-hybridized carbons (Fsp3) is 0.133. The van der Waals surface area contributed by atoms with Crippen molar-refractivity contribution in [2.75, 3.05) is 11.1 Å². The van der Waals surface area contributed by atoms with Crippen molar-refractivity contribution in [1.29, 1.82) is 0 Å². The maximum atomic E-state index is 12.9. The molecule has 0 aliphatic rings. The van der Waals surface area contributed by atoms with Gasteiger partial charge in [0.25, 0.3) is 0 Å². The number of hydrogen-bond donors (Lipinski definition) is 2. The van der Waals surface area contributed by atoms with E-state index in [2.05, 4.69) is 10.3 Å². The predicted octanol–water partition coefficient (Wildman–Crippen LogP) is 3.53. The molecule has 2 N–H and O–H groups in total. The average molecular weight is 356 g/mol. The number of carbonyl (C=O) groups is 2. The Bertz CT molecular complexity index is 766. The maximum absolute atomic E-state index is 12.9. The van der Waals surface area contributed by atoms with E-state index in [1.54, 1.807) is 0 Å². The van der Waals surface area contributed by atoms with Crippen LogP contribution in [0.5, 0.6) is 0 Å². The third-order valence-electron chi connectivity index (χ3n) is 2.85. The summed E-state index contributed by atoms with van der Waals surface area (Å²) in [5.74, 6) is -2.17. The lowest BCUT2D eigenvalue weighted by Gasteiger charge is -2.13. The van der Waals surface area contributed by atoms with Gasteiger partial charge in [-0.1, -0.05) is 23.9 Å². The number of hydrogen-bond acceptors (Lipinski definition) is 4. The van der Waals surface area contributed by atoms with E-state index in [1.807, 2.05) is 0 Å². The zero-order valence-corrected chi connectivity index (χ0v) is 12.8. The normalized spacial score (nSPS) is 11.1. The van der Waals surface area contributed by atoms with Crippen molar-refractivity contribution in [3.05, 3.63) is 53.7 Å². The third kappa shape index (κ3) is 4.48. The van der Waals surface area contributed by atoms with Crippen LogP contribution in [0.4, 0.5) is 18.9 Å². The number of nitrogens with one attached hydrogen (secondary N) is 1. The van der Waals surface area contributed by atoms with Gasteiger partial charge in [-0.05, 0) is 24.3 Å². The van der Waals surface area contributed by atoms with E-state index in [0.717, 1.165) is 23.9 Å². The summed E-state index contributed by atoms with van der Waals surface area (Å²) >= 11 is 0.831. The van der Waals surface area contributed by atoms with Gasteiger partial charge in [0.1, 0.15) is 5.03 Å². The molecule has 24 heavy (non-hydrogen) atoms. The van der Waals surface area contributed by atoms with Gasteiger partial charge in [-0.25, -0.2) is 9.78 Å². The summed E-state index contributed by atoms with van der Waals surface area (Å²) in [6.45, 7) is 0. The minimum Gasteiger partial charge on any atom is -0.478 e. The number of anilines is 1. The van der Waals surface area contributed by atoms with Crippen molar-refractivity contribution in [2.24, 2.45) is 0 Å². The molecule has 1 aromatic heterocycles. The van der Waals surface area contributed by atoms with Crippen molar-refractivity contribution < 1.29 is 27.9 Å². The molecule has 0 saturated carbocycles. The highest BCUT2D eigenvalue weighted by atomic mass is 32.2. The first kappa shape index (κ1) is 17.8. The minimum atomic E-state index is -4.59. The molecule has 9 heteroatoms. The number of carboxylic acids is 1. The summed E-state index contributed by atoms with van der Waals surface area (Å²) in [7, 11) is 0. The number of aromatic carboxylic acids is 1. The summed E-state index contributed by atoms with van der Waals surface area (Å²) < 4.78 is 38.6. The number of carboxylic acid groups (broad SMARTS) is 1. The Morgan fingerprint density at radius 3 is 2.54 bits per heavy atom. The topological polar surface area (TPSA) is 79.3 Å². The van der Waals surface area contributed by atoms with Crippen molar-refractivity contribution in [2.45, 2.75) is 11.2 Å². The van der Waals surface area contributed by atoms with Crippen LogP contribution >= 0.6 is 11.8 Å². The third-order valence-corrected chi connectivity index (χ3v) is 3.85. The van der Waals surface area contributed by atoms with Gasteiger partial charge < -0.3 is 10.4 Å². The maximum Gasteiger partial charge on any atom is 0.418 e. The number of alkyl halides is 3. The highest BCUT2D eigenvalue weighted by Gasteiger charge is 2.33. The van der Waals surface area contributed by atoms with Gasteiger partial charge in [0.05, 0.1) is 22.6 Å². The van der Waals surface area contributed by atoms with Crippen LogP contribution in [0.2, 0.25) is 0 Å². The smallest absolute Gasteiger partial charge is 0.418 e. The summed E-state index contributed by atoms with van der Waals surface area (Å²) in [5.41, 5.74) is -1.38. The van der Waals surface area contributed by atoms with Crippen LogP contribution in [0.1, 0.15) is 15.9 Å². The molecule has 5 nitrogen and oxygen atoms in total. The standard InChI is InChI=1S/C15H11F3N2O3S/c16-15(17,18)10-5-1-2-6-11(10)20-12(21)8-24-13-9(14(22)23)4-3-7-19-13/h1-7H,8H2,(H,20,21)(H,22,23). The van der Waals surface area contributed by atoms with E-state index in [1.165, 1.54) is 30.5 Å². The molecule has 0 fully saturated rings. The second kappa shape index (κ2) is 7.35. The molecule has 1 heterocycles. The summed E-state index contributed by atoms with van der Waals surface area (Å²) in [4.78, 5) is 26.8. The van der Waals surface area contributed by atoms with E-state index in [4.69, 9.17) is 5.11 Å². The molecule has 0 unspecified atom stereocenters. The fourth-order valence-electron chi connectivity index (χ4n) is 1.83. The lowest BCUT2D eigenvalue weighted by atomic mass is 10.1. The van der Waals surface area contributed by atoms with Crippen LogP contribution in [0.15, 0.2) is 47.6 Å². The van der Waals surface area contributed by atoms with Crippen molar-refractivity contribution in [3.8, 4) is 0 Å². The number of aromatic nitrogens is 1. The molecule has 0 saturated heterocycles. The molecule has 1 amide bonds. The Labute approximate surface area is 138 Å². The van der Waals surface area contributed by atoms with Gasteiger partial charge in [0.15, 0.2) is 0 Å². The first-order chi connectivity index (χ1) is 11.3. The fourth-order valence-corrected chi connectivity index (χ4v) is 2.61. The Morgan fingerprint density at radius 2 is 1.88 bits per heavy atom. The quantitative estimate of drug-likeness (QED) is 0.801. The van der Waals surface area contributed by atoms with Crippen LogP contribution in [-0.2, 0) is 11.0 Å². The highest BCUT2D eigenvalue weighted by molar-refractivity contribution is 8.00. The number of benzene rings is 1. The second-order valence-electron chi connectivity index (χ2n) is 4.54. The zero-order valence-electron chi connectivity index (χ0n) is 12.0. The van der Waals surface area contributed by atoms with E-state index in [0.29, 0.717) is 0 Å². The number of amides is 1. The van der Waals surface area contributed by atoms with E-state index in [-0.39, 0.29) is 22.0 Å². The number of thioether (sulfide) groups is 1. The Kier molecular flexibility index (Phi) is 5.45. The number of halogens is 3. The van der Waals surface area contributed by atoms with Gasteiger partial charge in [-0.15, -0.1) is 0 Å². The van der Waals surface area contributed by atoms with Crippen LogP contribution < -0.4 is 5.32 Å². The molecule has 2 aromatic rings. The molecule has 0 atom stereocenters. The first-order valence-corrected chi connectivity index (χ1v) is 7.55. The molecule has 0 aliphatic carbocycles. The molecule has 126 valence electrons. The van der Waals surface area contributed by atoms with E-state index >= 15 is 0 Å². The Hall–Kier alpha value is -2.55. The largest absolute Gasteiger partial charge is 0.478 e. The van der Waals surface area contributed by atoms with Gasteiger partial charge in [-0.3, -0.25) is 4.79 Å². The first-order valence-electron chi connectivity index (χ1n) is 6.56. The number of para-hydroxylation sites is 1. The molecule has 0 radical (unpaired) electrons. The predicted molar refractivity (Wildman–Crippen MR) is 82.0 cm³/mol. The molecule has 1 aromatic carbocycles. The van der Waals surface area contributed by atoms with Crippen LogP contribution in [0.25, 0.3) is 0 Å².